The summed E-state index contributed by atoms with van der Waals surface area (Å²) in [5.74, 6) is -3.60. The molecule has 2 aromatic carbocycles. The van der Waals surface area contributed by atoms with Crippen LogP contribution < -0.4 is 5.32 Å². The molecular formula is C59H86FN3O13S2. The van der Waals surface area contributed by atoms with Crippen LogP contribution in [0.5, 0.6) is 0 Å². The van der Waals surface area contributed by atoms with Crippen molar-refractivity contribution in [3.8, 4) is 21.6 Å². The maximum Gasteiger partial charge on any atom is 0.311 e. The number of benzene rings is 2. The molecule has 4 aliphatic rings. The van der Waals surface area contributed by atoms with Crippen molar-refractivity contribution in [2.24, 2.45) is 17.8 Å². The van der Waals surface area contributed by atoms with Crippen molar-refractivity contribution in [3.05, 3.63) is 65.3 Å². The lowest BCUT2D eigenvalue weighted by molar-refractivity contribution is -0.318. The molecule has 1 aromatic heterocycles. The van der Waals surface area contributed by atoms with Crippen molar-refractivity contribution in [1.29, 1.82) is 0 Å². The van der Waals surface area contributed by atoms with Gasteiger partial charge >= 0.3 is 5.97 Å². The Morgan fingerprint density at radius 2 is 1.64 bits per heavy atom. The molecule has 16 nitrogen and oxygen atoms in total. The average molecular weight is 1130 g/mol. The predicted molar refractivity (Wildman–Crippen MR) is 299 cm³/mol. The zero-order chi connectivity index (χ0) is 57.2. The van der Waals surface area contributed by atoms with Crippen LogP contribution in [0.15, 0.2) is 64.4 Å². The van der Waals surface area contributed by atoms with Gasteiger partial charge in [0.15, 0.2) is 12.6 Å². The molecule has 5 heterocycles. The fraction of sp³-hybridized carbons (Fsp3) is 0.661. The number of hydrogen-bond acceptors (Lipinski definition) is 17. The fourth-order valence-electron chi connectivity index (χ4n) is 12.2. The van der Waals surface area contributed by atoms with Crippen LogP contribution in [0.25, 0.3) is 27.6 Å². The van der Waals surface area contributed by atoms with E-state index in [1.165, 1.54) is 37.5 Å². The highest BCUT2D eigenvalue weighted by Crippen LogP contribution is 2.51. The SMILES string of the molecule is CC[C@H]1OC(=O)[C@H](C)[C@@H](O[C@H]2C[C@@](C)(OC)[C@@H](O)[C@H](C)O2)[C@H](C)[C@@H](O[C@@H]2O[C@H](C)C[C@H](N(C)C)[C@H]2O)[C@](C)(O)C[C@@H](C)CN(CCCNC(=O)C=Cc2cc3c(s2)-c2cc(F)ccc2Sc2ccccc2-3)[C@H](C)[C@@H](O)[C@]1(C)O. The Morgan fingerprint density at radius 3 is 2.33 bits per heavy atom. The number of nitrogens with zero attached hydrogens (tertiary/aromatic N) is 2. The molecule has 3 fully saturated rings. The number of aliphatic hydroxyl groups excluding tert-OH is 3. The highest BCUT2D eigenvalue weighted by Gasteiger charge is 2.53. The predicted octanol–water partition coefficient (Wildman–Crippen LogP) is 7.49. The number of esters is 1. The summed E-state index contributed by atoms with van der Waals surface area (Å²) in [6, 6.07) is 13.9. The lowest BCUT2D eigenvalue weighted by atomic mass is 9.77. The van der Waals surface area contributed by atoms with E-state index in [9.17, 15) is 39.5 Å². The minimum Gasteiger partial charge on any atom is -0.459 e. The molecule has 3 aromatic rings. The van der Waals surface area contributed by atoms with E-state index in [0.29, 0.717) is 25.9 Å². The first kappa shape index (κ1) is 62.2. The molecule has 19 heteroatoms. The van der Waals surface area contributed by atoms with Crippen LogP contribution in [0.4, 0.5) is 4.39 Å². The van der Waals surface area contributed by atoms with Crippen molar-refractivity contribution in [2.75, 3.05) is 40.8 Å². The van der Waals surface area contributed by atoms with Gasteiger partial charge in [0.05, 0.1) is 41.5 Å². The Balaban J connectivity index is 1.14. The van der Waals surface area contributed by atoms with Crippen LogP contribution in [-0.2, 0) is 38.0 Å². The Kier molecular flexibility index (Phi) is 20.6. The standard InChI is InChI=1S/C59H86FN3O13S2/c1-14-46-59(10,70)52(66)36(6)63(25-17-24-61-47(64)23-21-39-28-41-40-18-15-16-19-44(40)78-45-22-20-38(60)27-42(45)51(41)77-39)31-32(2)29-57(8,69)54(76-56-49(65)43(62(11)12)26-33(3)72-56)34(4)50(35(5)55(68)74-46)75-48-30-58(9,71-13)53(67)37(7)73-48/h15-16,18-23,27-28,32-37,43,46,48-50,52-54,56,65-67,69-70H,14,17,24-26,29-31H2,1-13H3,(H,61,64)/t32-,33-,34+,35-,36-,37+,43+,46-,48+,49-,50+,52-,53+,54-,56+,57-,58-,59-/m1/s1. The Morgan fingerprint density at radius 1 is 0.936 bits per heavy atom. The molecule has 18 atom stereocenters. The number of hydrogen-bond donors (Lipinski definition) is 6. The number of cyclic esters (lactones) is 1. The zero-order valence-corrected chi connectivity index (χ0v) is 49.3. The first-order valence-corrected chi connectivity index (χ1v) is 29.3. The number of nitrogens with one attached hydrogen (secondary N) is 1. The van der Waals surface area contributed by atoms with Crippen LogP contribution in [0.1, 0.15) is 106 Å². The van der Waals surface area contributed by atoms with Gasteiger partial charge in [-0.1, -0.05) is 50.7 Å². The van der Waals surface area contributed by atoms with Gasteiger partial charge in [0.2, 0.25) is 5.91 Å². The van der Waals surface area contributed by atoms with Crippen LogP contribution >= 0.6 is 23.1 Å². The summed E-state index contributed by atoms with van der Waals surface area (Å²) in [7, 11) is 5.24. The maximum atomic E-state index is 14.7. The summed E-state index contributed by atoms with van der Waals surface area (Å²) in [5, 5.41) is 63.4. The number of aliphatic hydroxyl groups is 5. The van der Waals surface area contributed by atoms with Crippen molar-refractivity contribution in [1.82, 2.24) is 15.1 Å². The normalized spacial score (nSPS) is 37.4. The molecule has 6 N–H and O–H groups in total. The summed E-state index contributed by atoms with van der Waals surface area (Å²) in [6.45, 7) is 18.4. The summed E-state index contributed by atoms with van der Waals surface area (Å²) in [4.78, 5) is 35.8. The molecule has 7 rings (SSSR count). The van der Waals surface area contributed by atoms with E-state index in [-0.39, 0.29) is 55.6 Å². The molecule has 78 heavy (non-hydrogen) atoms. The van der Waals surface area contributed by atoms with E-state index < -0.39 is 96.0 Å². The Bertz CT molecular complexity index is 2550. The maximum absolute atomic E-state index is 14.7. The second-order valence-corrected chi connectivity index (χ2v) is 25.5. The number of ether oxygens (including phenoxy) is 6. The van der Waals surface area contributed by atoms with E-state index in [4.69, 9.17) is 28.4 Å². The van der Waals surface area contributed by atoms with Crippen molar-refractivity contribution in [3.63, 3.8) is 0 Å². The largest absolute Gasteiger partial charge is 0.459 e. The first-order valence-electron chi connectivity index (χ1n) is 27.6. The van der Waals surface area contributed by atoms with E-state index in [0.717, 1.165) is 36.2 Å². The number of likely N-dealkylation sites (N-methyl/N-ethyl adjacent to an activating group) is 1. The summed E-state index contributed by atoms with van der Waals surface area (Å²) < 4.78 is 52.8. The summed E-state index contributed by atoms with van der Waals surface area (Å²) in [6.07, 6.45) is -5.61. The molecule has 0 spiro atoms. The molecule has 1 amide bonds. The van der Waals surface area contributed by atoms with Crippen LogP contribution in [0.3, 0.4) is 0 Å². The molecule has 4 aliphatic heterocycles. The second kappa shape index (κ2) is 25.8. The number of thiophene rings is 1. The van der Waals surface area contributed by atoms with Crippen LogP contribution in [-0.4, -0.2) is 178 Å². The number of carbonyl (C=O) groups excluding carboxylic acids is 2. The van der Waals surface area contributed by atoms with Crippen molar-refractivity contribution in [2.45, 2.75) is 201 Å². The van der Waals surface area contributed by atoms with Gasteiger partial charge in [0.1, 0.15) is 35.8 Å². The quantitative estimate of drug-likeness (QED) is 0.0435. The molecule has 0 unspecified atom stereocenters. The summed E-state index contributed by atoms with van der Waals surface area (Å²) in [5.41, 5.74) is -1.89. The molecular weight excluding hydrogens is 1040 g/mol. The number of carbonyl (C=O) groups is 2. The molecule has 0 saturated carbocycles. The van der Waals surface area contributed by atoms with Gasteiger partial charge in [-0.2, -0.15) is 0 Å². The number of methoxy groups -OCH3 is 1. The Labute approximate surface area is 468 Å². The Hall–Kier alpha value is -3.38. The highest BCUT2D eigenvalue weighted by atomic mass is 32.2. The minimum absolute atomic E-state index is 0.0872. The molecule has 0 aliphatic carbocycles. The second-order valence-electron chi connectivity index (χ2n) is 23.3. The third kappa shape index (κ3) is 13.9. The topological polar surface area (TPSA) is 209 Å². The van der Waals surface area contributed by atoms with Gasteiger partial charge in [0.25, 0.3) is 0 Å². The van der Waals surface area contributed by atoms with Gasteiger partial charge in [0, 0.05) is 87.9 Å². The number of amides is 1. The third-order valence-corrected chi connectivity index (χ3v) is 19.0. The minimum atomic E-state index is -1.95. The highest BCUT2D eigenvalue weighted by molar-refractivity contribution is 7.99. The van der Waals surface area contributed by atoms with E-state index >= 15 is 0 Å². The molecule has 3 saturated heterocycles. The monoisotopic (exact) mass is 1130 g/mol. The molecule has 0 radical (unpaired) electrons. The lowest BCUT2D eigenvalue weighted by Crippen LogP contribution is -2.60. The summed E-state index contributed by atoms with van der Waals surface area (Å²) >= 11 is 3.10. The fourth-order valence-corrected chi connectivity index (χ4v) is 14.4. The van der Waals surface area contributed by atoms with Crippen molar-refractivity contribution < 1.29 is 67.9 Å². The van der Waals surface area contributed by atoms with Gasteiger partial charge < -0.3 is 64.2 Å². The van der Waals surface area contributed by atoms with Gasteiger partial charge in [-0.05, 0) is 136 Å². The van der Waals surface area contributed by atoms with Crippen molar-refractivity contribution >= 4 is 41.1 Å². The third-order valence-electron chi connectivity index (χ3n) is 16.7. The lowest BCUT2D eigenvalue weighted by Gasteiger charge is -2.48. The van der Waals surface area contributed by atoms with Gasteiger partial charge in [-0.15, -0.1) is 11.3 Å². The smallest absolute Gasteiger partial charge is 0.311 e. The van der Waals surface area contributed by atoms with Crippen LogP contribution in [0.2, 0.25) is 0 Å². The van der Waals surface area contributed by atoms with E-state index in [1.807, 2.05) is 55.9 Å². The van der Waals surface area contributed by atoms with E-state index in [1.54, 1.807) is 78.4 Å². The number of rotatable bonds is 13. The van der Waals surface area contributed by atoms with Gasteiger partial charge in [-0.3, -0.25) is 14.5 Å². The zero-order valence-electron chi connectivity index (χ0n) is 47.7. The number of fused-ring (bicyclic) bond motifs is 5. The number of halogens is 1. The average Bonchev–Trinajstić information content (AvgIpc) is 3.79. The first-order chi connectivity index (χ1) is 36.7. The van der Waals surface area contributed by atoms with E-state index in [2.05, 4.69) is 17.4 Å². The van der Waals surface area contributed by atoms with Gasteiger partial charge in [-0.25, -0.2) is 4.39 Å². The molecule has 0 bridgehead atoms. The molecule has 434 valence electrons. The van der Waals surface area contributed by atoms with Crippen LogP contribution in [0, 0.1) is 23.6 Å².